The minimum Gasteiger partial charge on any atom is -0.367 e. The summed E-state index contributed by atoms with van der Waals surface area (Å²) in [5.41, 5.74) is 5.16. The summed E-state index contributed by atoms with van der Waals surface area (Å²) in [6.07, 6.45) is 8.76. The fourth-order valence-electron chi connectivity index (χ4n) is 7.17. The average Bonchev–Trinajstić information content (AvgIpc) is 4.13. The highest BCUT2D eigenvalue weighted by Gasteiger charge is 2.23. The Morgan fingerprint density at radius 3 is 1.83 bits per heavy atom. The zero-order valence-electron chi connectivity index (χ0n) is 37.0. The molecule has 0 unspecified atom stereocenters. The number of carbonyl (C=O) groups is 2. The van der Waals surface area contributed by atoms with Gasteiger partial charge in [-0.15, -0.1) is 24.8 Å². The number of anilines is 5. The summed E-state index contributed by atoms with van der Waals surface area (Å²) in [4.78, 5) is 41.2. The molecule has 6 heterocycles. The Balaban J connectivity index is 0.000000196. The van der Waals surface area contributed by atoms with E-state index in [1.807, 2.05) is 12.1 Å². The topological polar surface area (TPSA) is 148 Å². The van der Waals surface area contributed by atoms with Gasteiger partial charge < -0.3 is 40.7 Å². The van der Waals surface area contributed by atoms with E-state index in [0.717, 1.165) is 5.56 Å². The number of halogens is 6. The molecule has 0 aliphatic carbocycles. The minimum absolute atomic E-state index is 0. The van der Waals surface area contributed by atoms with Crippen LogP contribution in [-0.4, -0.2) is 43.1 Å². The number of aromatic amines is 2. The van der Waals surface area contributed by atoms with Crippen molar-refractivity contribution in [2.24, 2.45) is 0 Å². The third-order valence-electron chi connectivity index (χ3n) is 10.0. The Labute approximate surface area is 392 Å². The highest BCUT2D eigenvalue weighted by molar-refractivity contribution is 6.31. The predicted octanol–water partition coefficient (Wildman–Crippen LogP) is 12.4. The molecule has 6 N–H and O–H groups in total. The molecule has 0 saturated heterocycles. The number of urea groups is 2. The first-order valence-corrected chi connectivity index (χ1v) is 19.9. The van der Waals surface area contributed by atoms with Crippen LogP contribution in [0, 0.1) is 11.6 Å². The second-order valence-electron chi connectivity index (χ2n) is 14.0. The number of hydrogen-bond acceptors (Lipinski definition) is 5. The molecule has 10 rings (SSSR count). The van der Waals surface area contributed by atoms with Crippen LogP contribution < -0.4 is 26.2 Å². The van der Waals surface area contributed by atoms with Crippen LogP contribution in [0.3, 0.4) is 0 Å². The van der Waals surface area contributed by atoms with Crippen molar-refractivity contribution in [3.8, 4) is 0 Å². The van der Waals surface area contributed by atoms with Crippen molar-refractivity contribution >= 4 is 121 Å². The summed E-state index contributed by atoms with van der Waals surface area (Å²) >= 11 is 11.8. The van der Waals surface area contributed by atoms with E-state index < -0.39 is 36.7 Å². The van der Waals surface area contributed by atoms with Gasteiger partial charge in [-0.05, 0) is 109 Å². The summed E-state index contributed by atoms with van der Waals surface area (Å²) in [6.45, 7) is -3.27. The van der Waals surface area contributed by atoms with Crippen LogP contribution in [0.4, 0.5) is 46.8 Å². The molecule has 1 aliphatic rings. The van der Waals surface area contributed by atoms with Gasteiger partial charge in [0.2, 0.25) is 0 Å². The molecular weight excluding hydrogens is 904 g/mol. The molecule has 0 atom stereocenters. The SMILES string of the molecule is Cl.Cl.[2H]C([2H])(c1ccnc2[nH]ccc12)N1CCc2c(NC(=O)Nc3cc(Cl)ccc3F)cccc21.[2H]C([2H])(c1ccnc2[nH]ccc12)n1ccc2c(NC(=O)Nc3cc(Cl)ccc3F)cccc21. The van der Waals surface area contributed by atoms with Crippen LogP contribution in [0.15, 0.2) is 134 Å². The first-order valence-electron chi connectivity index (χ1n) is 21.1. The van der Waals surface area contributed by atoms with Crippen molar-refractivity contribution in [3.05, 3.63) is 172 Å². The molecule has 0 saturated carbocycles. The van der Waals surface area contributed by atoms with E-state index in [-0.39, 0.29) is 36.2 Å². The lowest BCUT2D eigenvalue weighted by molar-refractivity contribution is 0.261. The lowest BCUT2D eigenvalue weighted by Crippen LogP contribution is -2.21. The summed E-state index contributed by atoms with van der Waals surface area (Å²) in [5, 5.41) is 13.0. The third-order valence-corrected chi connectivity index (χ3v) is 10.5. The second kappa shape index (κ2) is 19.7. The Kier molecular flexibility index (Phi) is 12.3. The van der Waals surface area contributed by atoms with Gasteiger partial charge in [0, 0.05) is 93.7 Å². The van der Waals surface area contributed by atoms with E-state index >= 15 is 0 Å². The van der Waals surface area contributed by atoms with Crippen molar-refractivity contribution in [1.82, 2.24) is 24.5 Å². The van der Waals surface area contributed by atoms with E-state index in [4.69, 9.17) is 28.7 Å². The number of carbonyl (C=O) groups excluding carboxylic acids is 2. The number of aromatic nitrogens is 5. The van der Waals surface area contributed by atoms with E-state index in [0.29, 0.717) is 84.2 Å². The zero-order valence-corrected chi connectivity index (χ0v) is 36.2. The molecule has 1 aliphatic heterocycles. The minimum atomic E-state index is -1.89. The molecule has 12 nitrogen and oxygen atoms in total. The third kappa shape index (κ3) is 9.70. The van der Waals surface area contributed by atoms with E-state index in [1.165, 1.54) is 41.0 Å². The van der Waals surface area contributed by atoms with Crippen LogP contribution >= 0.6 is 48.0 Å². The number of hydrogen-bond donors (Lipinski definition) is 6. The molecular formula is C46H38Cl4F2N10O2. The molecule has 0 bridgehead atoms. The Bertz CT molecular complexity index is 3330. The normalized spacial score (nSPS) is 13.0. The standard InChI is InChI=1S/C23H19ClFN5O.C23H17ClFN5O.2ClH/c2*24-15-4-5-18(25)20(12-15)29-23(31)28-19-2-1-3-21-17(19)8-11-30(21)13-14-6-9-26-22-16(14)7-10-27-22;;/h1-7,9-10,12H,8,11,13H2,(H,26,27)(H2,28,29,31);1-12H,13H2,(H,26,27)(H2,28,29,31);2*1H/i2*13D2;;. The van der Waals surface area contributed by atoms with E-state index in [2.05, 4.69) is 41.2 Å². The van der Waals surface area contributed by atoms with Crippen LogP contribution in [0.2, 0.25) is 10.0 Å². The fraction of sp³-hybridized carbons (Fsp3) is 0.0870. The van der Waals surface area contributed by atoms with Gasteiger partial charge in [0.25, 0.3) is 0 Å². The molecule has 0 fully saturated rings. The number of benzene rings is 4. The molecule has 64 heavy (non-hydrogen) atoms. The highest BCUT2D eigenvalue weighted by atomic mass is 35.5. The first-order chi connectivity index (χ1) is 31.7. The number of nitrogens with zero attached hydrogens (tertiary/aromatic N) is 4. The molecule has 9 aromatic rings. The Morgan fingerprint density at radius 1 is 0.656 bits per heavy atom. The predicted molar refractivity (Wildman–Crippen MR) is 257 cm³/mol. The van der Waals surface area contributed by atoms with Crippen molar-refractivity contribution in [3.63, 3.8) is 0 Å². The number of fused-ring (bicyclic) bond motifs is 4. The monoisotopic (exact) mass is 944 g/mol. The van der Waals surface area contributed by atoms with Gasteiger partial charge in [-0.3, -0.25) is 0 Å². The average molecular weight is 947 g/mol. The fourth-order valence-corrected chi connectivity index (χ4v) is 7.52. The number of nitrogens with one attached hydrogen (secondary N) is 6. The van der Waals surface area contributed by atoms with E-state index in [9.17, 15) is 18.4 Å². The van der Waals surface area contributed by atoms with Crippen LogP contribution in [-0.2, 0) is 19.4 Å². The molecule has 18 heteroatoms. The lowest BCUT2D eigenvalue weighted by atomic mass is 10.1. The maximum atomic E-state index is 14.0. The van der Waals surface area contributed by atoms with Crippen LogP contribution in [0.5, 0.6) is 0 Å². The Morgan fingerprint density at radius 2 is 1.20 bits per heavy atom. The van der Waals surface area contributed by atoms with Crippen LogP contribution in [0.1, 0.15) is 22.2 Å². The molecule has 0 spiro atoms. The van der Waals surface area contributed by atoms with Crippen LogP contribution in [0.25, 0.3) is 33.0 Å². The summed E-state index contributed by atoms with van der Waals surface area (Å²) in [7, 11) is 0. The molecule has 4 amide bonds. The summed E-state index contributed by atoms with van der Waals surface area (Å²) in [6, 6.07) is 25.7. The van der Waals surface area contributed by atoms with Crippen molar-refractivity contribution in [2.45, 2.75) is 19.4 Å². The maximum Gasteiger partial charge on any atom is 0.323 e. The zero-order chi connectivity index (χ0) is 46.3. The summed E-state index contributed by atoms with van der Waals surface area (Å²) in [5.74, 6) is -1.21. The Hall–Kier alpha value is -6.84. The van der Waals surface area contributed by atoms with Gasteiger partial charge in [0.1, 0.15) is 22.9 Å². The molecule has 0 radical (unpaired) electrons. The first kappa shape index (κ1) is 40.0. The van der Waals surface area contributed by atoms with Gasteiger partial charge in [-0.25, -0.2) is 28.3 Å². The quantitative estimate of drug-likeness (QED) is 0.0897. The van der Waals surface area contributed by atoms with Gasteiger partial charge in [0.05, 0.1) is 28.1 Å². The van der Waals surface area contributed by atoms with Crippen molar-refractivity contribution in [1.29, 1.82) is 0 Å². The number of rotatable bonds is 8. The molecule has 326 valence electrons. The van der Waals surface area contributed by atoms with Gasteiger partial charge in [-0.1, -0.05) is 35.3 Å². The smallest absolute Gasteiger partial charge is 0.323 e. The van der Waals surface area contributed by atoms with Gasteiger partial charge >= 0.3 is 12.1 Å². The maximum absolute atomic E-state index is 14.0. The number of H-pyrrole nitrogens is 2. The largest absolute Gasteiger partial charge is 0.367 e. The number of amides is 4. The summed E-state index contributed by atoms with van der Waals surface area (Å²) < 4.78 is 65.0. The van der Waals surface area contributed by atoms with Crippen molar-refractivity contribution in [2.75, 3.05) is 32.7 Å². The molecule has 5 aromatic heterocycles. The van der Waals surface area contributed by atoms with Crippen molar-refractivity contribution < 1.29 is 23.9 Å². The van der Waals surface area contributed by atoms with Gasteiger partial charge in [0.15, 0.2) is 0 Å². The number of pyridine rings is 2. The molecule has 4 aromatic carbocycles. The second-order valence-corrected chi connectivity index (χ2v) is 14.8. The van der Waals surface area contributed by atoms with Gasteiger partial charge in [-0.2, -0.15) is 0 Å². The lowest BCUT2D eigenvalue weighted by Gasteiger charge is -2.20. The highest BCUT2D eigenvalue weighted by Crippen LogP contribution is 2.36. The van der Waals surface area contributed by atoms with E-state index in [1.54, 1.807) is 90.5 Å².